The van der Waals surface area contributed by atoms with Crippen LogP contribution in [-0.4, -0.2) is 28.7 Å². The molecule has 1 aliphatic rings. The maximum atomic E-state index is 11.1. The van der Waals surface area contributed by atoms with E-state index in [9.17, 15) is 9.90 Å². The van der Waals surface area contributed by atoms with E-state index in [1.807, 2.05) is 0 Å². The van der Waals surface area contributed by atoms with Crippen molar-refractivity contribution in [2.24, 2.45) is 5.73 Å². The molecule has 82 valence electrons. The third kappa shape index (κ3) is 2.69. The van der Waals surface area contributed by atoms with Crippen LogP contribution in [0.15, 0.2) is 0 Å². The minimum atomic E-state index is -0.733. The third-order valence-corrected chi connectivity index (χ3v) is 2.89. The lowest BCUT2D eigenvalue weighted by Gasteiger charge is -2.34. The first-order valence-corrected chi connectivity index (χ1v) is 5.19. The summed E-state index contributed by atoms with van der Waals surface area (Å²) in [5, 5.41) is 12.8. The van der Waals surface area contributed by atoms with Crippen molar-refractivity contribution in [1.29, 1.82) is 0 Å². The first-order chi connectivity index (χ1) is 6.43. The molecule has 0 aromatic rings. The smallest absolute Gasteiger partial charge is 0.237 e. The molecule has 1 aliphatic carbocycles. The molecule has 0 aromatic carbocycles. The molecule has 1 rings (SSSR count). The van der Waals surface area contributed by atoms with Crippen LogP contribution in [0, 0.1) is 0 Å². The normalized spacial score (nSPS) is 28.8. The van der Waals surface area contributed by atoms with E-state index in [0.29, 0.717) is 0 Å². The highest BCUT2D eigenvalue weighted by Gasteiger charge is 2.32. The van der Waals surface area contributed by atoms with Crippen molar-refractivity contribution in [1.82, 2.24) is 5.32 Å². The molecule has 2 atom stereocenters. The molecule has 0 saturated heterocycles. The molecule has 4 N–H and O–H groups in total. The highest BCUT2D eigenvalue weighted by Crippen LogP contribution is 2.20. The molecule has 1 amide bonds. The fourth-order valence-electron chi connectivity index (χ4n) is 1.81. The van der Waals surface area contributed by atoms with Gasteiger partial charge in [0, 0.05) is 6.04 Å². The van der Waals surface area contributed by atoms with Gasteiger partial charge in [0.25, 0.3) is 0 Å². The van der Waals surface area contributed by atoms with Gasteiger partial charge in [0.15, 0.2) is 0 Å². The van der Waals surface area contributed by atoms with Crippen molar-refractivity contribution < 1.29 is 9.90 Å². The number of hydrogen-bond donors (Lipinski definition) is 3. The van der Waals surface area contributed by atoms with Crippen LogP contribution in [0.1, 0.15) is 39.5 Å². The first kappa shape index (κ1) is 11.5. The molecule has 0 heterocycles. The van der Waals surface area contributed by atoms with Crippen LogP contribution in [-0.2, 0) is 4.79 Å². The summed E-state index contributed by atoms with van der Waals surface area (Å²) in [6.45, 7) is 3.49. The molecule has 0 radical (unpaired) electrons. The van der Waals surface area contributed by atoms with E-state index in [1.165, 1.54) is 0 Å². The van der Waals surface area contributed by atoms with Crippen LogP contribution in [0.3, 0.4) is 0 Å². The minimum Gasteiger partial charge on any atom is -0.392 e. The molecule has 0 bridgehead atoms. The second kappa shape index (κ2) is 4.28. The fourth-order valence-corrected chi connectivity index (χ4v) is 1.81. The summed E-state index contributed by atoms with van der Waals surface area (Å²) in [5.74, 6) is -0.379. The topological polar surface area (TPSA) is 75.3 Å². The SMILES string of the molecule is CC(C)(N[C@H]1CCCC[C@@H]1O)C(N)=O. The van der Waals surface area contributed by atoms with Crippen molar-refractivity contribution >= 4 is 5.91 Å². The molecule has 1 fully saturated rings. The van der Waals surface area contributed by atoms with Crippen molar-refractivity contribution in [3.05, 3.63) is 0 Å². The summed E-state index contributed by atoms with van der Waals surface area (Å²) < 4.78 is 0. The summed E-state index contributed by atoms with van der Waals surface area (Å²) >= 11 is 0. The van der Waals surface area contributed by atoms with E-state index < -0.39 is 5.54 Å². The van der Waals surface area contributed by atoms with E-state index in [2.05, 4.69) is 5.32 Å². The van der Waals surface area contributed by atoms with Gasteiger partial charge in [-0.25, -0.2) is 0 Å². The molecule has 0 unspecified atom stereocenters. The van der Waals surface area contributed by atoms with Crippen molar-refractivity contribution in [3.63, 3.8) is 0 Å². The van der Waals surface area contributed by atoms with Crippen LogP contribution < -0.4 is 11.1 Å². The van der Waals surface area contributed by atoms with E-state index >= 15 is 0 Å². The van der Waals surface area contributed by atoms with Crippen molar-refractivity contribution in [2.75, 3.05) is 0 Å². The van der Waals surface area contributed by atoms with Gasteiger partial charge in [0.2, 0.25) is 5.91 Å². The van der Waals surface area contributed by atoms with Gasteiger partial charge in [-0.05, 0) is 26.7 Å². The predicted molar refractivity (Wildman–Crippen MR) is 54.7 cm³/mol. The summed E-state index contributed by atoms with van der Waals surface area (Å²) in [4.78, 5) is 11.1. The Morgan fingerprint density at radius 3 is 2.50 bits per heavy atom. The zero-order valence-corrected chi connectivity index (χ0v) is 8.92. The standard InChI is InChI=1S/C10H20N2O2/c1-10(2,9(11)14)12-7-5-3-4-6-8(7)13/h7-8,12-13H,3-6H2,1-2H3,(H2,11,14)/t7-,8-/m0/s1. The molecule has 0 aromatic heterocycles. The Kier molecular flexibility index (Phi) is 3.50. The number of nitrogens with two attached hydrogens (primary N) is 1. The quantitative estimate of drug-likeness (QED) is 0.606. The number of nitrogens with one attached hydrogen (secondary N) is 1. The van der Waals surface area contributed by atoms with E-state index in [1.54, 1.807) is 13.8 Å². The average Bonchev–Trinajstić information content (AvgIpc) is 2.08. The highest BCUT2D eigenvalue weighted by atomic mass is 16.3. The number of aliphatic hydroxyl groups is 1. The lowest BCUT2D eigenvalue weighted by Crippen LogP contribution is -2.58. The lowest BCUT2D eigenvalue weighted by atomic mass is 9.90. The van der Waals surface area contributed by atoms with Crippen LogP contribution in [0.4, 0.5) is 0 Å². The van der Waals surface area contributed by atoms with Crippen molar-refractivity contribution in [2.45, 2.75) is 57.2 Å². The number of hydrogen-bond acceptors (Lipinski definition) is 3. The summed E-state index contributed by atoms with van der Waals surface area (Å²) in [6, 6.07) is 0.00579. The first-order valence-electron chi connectivity index (χ1n) is 5.19. The van der Waals surface area contributed by atoms with E-state index in [4.69, 9.17) is 5.73 Å². The fraction of sp³-hybridized carbons (Fsp3) is 0.900. The zero-order chi connectivity index (χ0) is 10.8. The summed E-state index contributed by atoms with van der Waals surface area (Å²) in [5.41, 5.74) is 4.52. The third-order valence-electron chi connectivity index (χ3n) is 2.89. The van der Waals surface area contributed by atoms with Crippen molar-refractivity contribution in [3.8, 4) is 0 Å². The number of rotatable bonds is 3. The number of carbonyl (C=O) groups excluding carboxylic acids is 1. The maximum Gasteiger partial charge on any atom is 0.237 e. The number of carbonyl (C=O) groups is 1. The second-order valence-electron chi connectivity index (χ2n) is 4.59. The Morgan fingerprint density at radius 2 is 2.00 bits per heavy atom. The van der Waals surface area contributed by atoms with Crippen LogP contribution in [0.25, 0.3) is 0 Å². The summed E-state index contributed by atoms with van der Waals surface area (Å²) in [6.07, 6.45) is 3.55. The van der Waals surface area contributed by atoms with E-state index in [0.717, 1.165) is 25.7 Å². The van der Waals surface area contributed by atoms with Gasteiger partial charge in [-0.15, -0.1) is 0 Å². The largest absolute Gasteiger partial charge is 0.392 e. The van der Waals surface area contributed by atoms with Gasteiger partial charge in [-0.1, -0.05) is 12.8 Å². The highest BCUT2D eigenvalue weighted by molar-refractivity contribution is 5.83. The Hall–Kier alpha value is -0.610. The molecule has 4 heteroatoms. The zero-order valence-electron chi connectivity index (χ0n) is 8.92. The molecule has 0 spiro atoms. The Labute approximate surface area is 84.9 Å². The van der Waals surface area contributed by atoms with Crippen LogP contribution in [0.2, 0.25) is 0 Å². The molecule has 14 heavy (non-hydrogen) atoms. The predicted octanol–water partition coefficient (Wildman–Crippen LogP) is 0.143. The number of primary amides is 1. The molecular formula is C10H20N2O2. The van der Waals surface area contributed by atoms with Gasteiger partial charge in [0.05, 0.1) is 11.6 Å². The second-order valence-corrected chi connectivity index (χ2v) is 4.59. The van der Waals surface area contributed by atoms with E-state index in [-0.39, 0.29) is 18.1 Å². The lowest BCUT2D eigenvalue weighted by molar-refractivity contribution is -0.123. The van der Waals surface area contributed by atoms with Gasteiger partial charge in [0.1, 0.15) is 0 Å². The van der Waals surface area contributed by atoms with Gasteiger partial charge in [-0.2, -0.15) is 0 Å². The molecule has 4 nitrogen and oxygen atoms in total. The van der Waals surface area contributed by atoms with Gasteiger partial charge < -0.3 is 10.8 Å². The van der Waals surface area contributed by atoms with Gasteiger partial charge in [-0.3, -0.25) is 10.1 Å². The van der Waals surface area contributed by atoms with Crippen LogP contribution in [0.5, 0.6) is 0 Å². The molecule has 1 saturated carbocycles. The Morgan fingerprint density at radius 1 is 1.43 bits per heavy atom. The maximum absolute atomic E-state index is 11.1. The molecule has 0 aliphatic heterocycles. The Bertz CT molecular complexity index is 216. The molecular weight excluding hydrogens is 180 g/mol. The Balaban J connectivity index is 2.53. The van der Waals surface area contributed by atoms with Gasteiger partial charge >= 0.3 is 0 Å². The summed E-state index contributed by atoms with van der Waals surface area (Å²) in [7, 11) is 0. The number of aliphatic hydroxyl groups excluding tert-OH is 1. The number of amides is 1. The average molecular weight is 200 g/mol. The minimum absolute atomic E-state index is 0.00579. The van der Waals surface area contributed by atoms with Crippen LogP contribution >= 0.6 is 0 Å². The monoisotopic (exact) mass is 200 g/mol.